The highest BCUT2D eigenvalue weighted by Gasteiger charge is 2.38. The third-order valence-corrected chi connectivity index (χ3v) is 5.25. The number of esters is 1. The van der Waals surface area contributed by atoms with E-state index in [4.69, 9.17) is 4.74 Å². The summed E-state index contributed by atoms with van der Waals surface area (Å²) in [6.45, 7) is 5.72. The Morgan fingerprint density at radius 2 is 1.77 bits per heavy atom. The van der Waals surface area contributed by atoms with Gasteiger partial charge in [0, 0.05) is 31.7 Å². The van der Waals surface area contributed by atoms with Crippen molar-refractivity contribution in [2.24, 2.45) is 11.8 Å². The van der Waals surface area contributed by atoms with Crippen LogP contribution in [0.4, 0.5) is 5.69 Å². The van der Waals surface area contributed by atoms with Crippen molar-refractivity contribution in [1.29, 1.82) is 0 Å². The first-order chi connectivity index (χ1) is 12.5. The third kappa shape index (κ3) is 3.89. The lowest BCUT2D eigenvalue weighted by atomic mass is 9.95. The van der Waals surface area contributed by atoms with Crippen LogP contribution >= 0.6 is 0 Å². The van der Waals surface area contributed by atoms with Gasteiger partial charge in [-0.15, -0.1) is 0 Å². The number of anilines is 1. The number of hydrogen-bond donors (Lipinski definition) is 0. The molecule has 0 unspecified atom stereocenters. The molecule has 0 aliphatic carbocycles. The summed E-state index contributed by atoms with van der Waals surface area (Å²) in [6.07, 6.45) is 1.52. The van der Waals surface area contributed by atoms with Crippen LogP contribution < -0.4 is 4.90 Å². The van der Waals surface area contributed by atoms with Crippen LogP contribution in [-0.4, -0.2) is 48.9 Å². The first-order valence-electron chi connectivity index (χ1n) is 9.32. The third-order valence-electron chi connectivity index (χ3n) is 5.25. The average Bonchev–Trinajstić information content (AvgIpc) is 3.04. The van der Waals surface area contributed by atoms with Crippen molar-refractivity contribution in [2.45, 2.75) is 33.1 Å². The Labute approximate surface area is 154 Å². The van der Waals surface area contributed by atoms with Crippen molar-refractivity contribution in [3.63, 3.8) is 0 Å². The first-order valence-corrected chi connectivity index (χ1v) is 9.32. The van der Waals surface area contributed by atoms with Crippen LogP contribution in [0.2, 0.25) is 0 Å². The summed E-state index contributed by atoms with van der Waals surface area (Å²) >= 11 is 0. The van der Waals surface area contributed by atoms with Crippen LogP contribution in [-0.2, 0) is 19.1 Å². The first kappa shape index (κ1) is 18.4. The van der Waals surface area contributed by atoms with Gasteiger partial charge in [0.15, 0.2) is 0 Å². The van der Waals surface area contributed by atoms with E-state index in [2.05, 4.69) is 0 Å². The molecule has 1 atom stereocenters. The fourth-order valence-electron chi connectivity index (χ4n) is 3.70. The Bertz CT molecular complexity index is 678. The lowest BCUT2D eigenvalue weighted by molar-refractivity contribution is -0.151. The quantitative estimate of drug-likeness (QED) is 0.774. The number of aryl methyl sites for hydroxylation is 1. The van der Waals surface area contributed by atoms with E-state index in [9.17, 15) is 14.4 Å². The molecule has 0 saturated carbocycles. The molecule has 0 aromatic heterocycles. The maximum Gasteiger partial charge on any atom is 0.309 e. The van der Waals surface area contributed by atoms with Gasteiger partial charge in [-0.05, 0) is 38.8 Å². The Balaban J connectivity index is 1.57. The second-order valence-corrected chi connectivity index (χ2v) is 7.09. The topological polar surface area (TPSA) is 66.9 Å². The minimum absolute atomic E-state index is 0.00591. The van der Waals surface area contributed by atoms with Gasteiger partial charge in [0.2, 0.25) is 11.8 Å². The summed E-state index contributed by atoms with van der Waals surface area (Å²) in [5.74, 6) is -0.568. The van der Waals surface area contributed by atoms with Crippen LogP contribution in [0.15, 0.2) is 24.3 Å². The number of piperidine rings is 1. The van der Waals surface area contributed by atoms with E-state index in [1.54, 1.807) is 16.7 Å². The number of nitrogens with zero attached hydrogens (tertiary/aromatic N) is 2. The van der Waals surface area contributed by atoms with Crippen molar-refractivity contribution in [2.75, 3.05) is 31.1 Å². The molecular weight excluding hydrogens is 332 g/mol. The van der Waals surface area contributed by atoms with Gasteiger partial charge in [-0.1, -0.05) is 17.7 Å². The van der Waals surface area contributed by atoms with Crippen molar-refractivity contribution >= 4 is 23.5 Å². The molecule has 0 spiro atoms. The molecular formula is C20H26N2O4. The highest BCUT2D eigenvalue weighted by Crippen LogP contribution is 2.28. The Hall–Kier alpha value is -2.37. The molecule has 2 fully saturated rings. The summed E-state index contributed by atoms with van der Waals surface area (Å²) in [5, 5.41) is 0. The zero-order chi connectivity index (χ0) is 18.7. The summed E-state index contributed by atoms with van der Waals surface area (Å²) < 4.78 is 5.07. The zero-order valence-electron chi connectivity index (χ0n) is 15.4. The lowest BCUT2D eigenvalue weighted by Crippen LogP contribution is -2.44. The molecule has 3 rings (SSSR count). The van der Waals surface area contributed by atoms with Crippen LogP contribution in [0.5, 0.6) is 0 Å². The van der Waals surface area contributed by atoms with E-state index >= 15 is 0 Å². The number of benzene rings is 1. The minimum atomic E-state index is -0.303. The Morgan fingerprint density at radius 1 is 1.12 bits per heavy atom. The number of rotatable bonds is 4. The SMILES string of the molecule is CCOC(=O)C1CCN(C(=O)[C@@H]2CC(=O)N(c3ccc(C)cc3)C2)CC1. The zero-order valence-corrected chi connectivity index (χ0v) is 15.4. The van der Waals surface area contributed by atoms with Crippen LogP contribution in [0.1, 0.15) is 31.7 Å². The fraction of sp³-hybridized carbons (Fsp3) is 0.550. The summed E-state index contributed by atoms with van der Waals surface area (Å²) in [4.78, 5) is 40.5. The number of ether oxygens (including phenoxy) is 1. The van der Waals surface area contributed by atoms with Gasteiger partial charge in [0.25, 0.3) is 0 Å². The Morgan fingerprint density at radius 3 is 2.38 bits per heavy atom. The second-order valence-electron chi connectivity index (χ2n) is 7.09. The van der Waals surface area contributed by atoms with E-state index in [1.807, 2.05) is 31.2 Å². The minimum Gasteiger partial charge on any atom is -0.466 e. The average molecular weight is 358 g/mol. The second kappa shape index (κ2) is 7.89. The standard InChI is InChI=1S/C20H26N2O4/c1-3-26-20(25)15-8-10-21(11-9-15)19(24)16-12-18(23)22(13-16)17-6-4-14(2)5-7-17/h4-7,15-16H,3,8-13H2,1-2H3/t16-/m1/s1. The molecule has 2 saturated heterocycles. The van der Waals surface area contributed by atoms with E-state index in [0.717, 1.165) is 11.3 Å². The predicted molar refractivity (Wildman–Crippen MR) is 97.6 cm³/mol. The number of likely N-dealkylation sites (tertiary alicyclic amines) is 1. The molecule has 1 aromatic carbocycles. The molecule has 2 amide bonds. The van der Waals surface area contributed by atoms with Crippen molar-refractivity contribution in [3.8, 4) is 0 Å². The normalized spacial score (nSPS) is 21.2. The van der Waals surface area contributed by atoms with Gasteiger partial charge in [-0.2, -0.15) is 0 Å². The molecule has 2 aliphatic rings. The molecule has 140 valence electrons. The van der Waals surface area contributed by atoms with Gasteiger partial charge in [-0.25, -0.2) is 0 Å². The summed E-state index contributed by atoms with van der Waals surface area (Å²) in [5.41, 5.74) is 1.98. The molecule has 0 N–H and O–H groups in total. The number of carbonyl (C=O) groups is 3. The molecule has 1 aromatic rings. The smallest absolute Gasteiger partial charge is 0.309 e. The Kier molecular flexibility index (Phi) is 5.59. The van der Waals surface area contributed by atoms with E-state index in [1.165, 1.54) is 0 Å². The number of carbonyl (C=O) groups excluding carboxylic acids is 3. The van der Waals surface area contributed by atoms with Crippen molar-refractivity contribution in [1.82, 2.24) is 4.90 Å². The van der Waals surface area contributed by atoms with E-state index in [-0.39, 0.29) is 36.0 Å². The van der Waals surface area contributed by atoms with Gasteiger partial charge in [0.05, 0.1) is 18.4 Å². The van der Waals surface area contributed by atoms with E-state index < -0.39 is 0 Å². The highest BCUT2D eigenvalue weighted by atomic mass is 16.5. The maximum atomic E-state index is 12.8. The van der Waals surface area contributed by atoms with Crippen LogP contribution in [0, 0.1) is 18.8 Å². The number of amides is 2. The van der Waals surface area contributed by atoms with Gasteiger partial charge >= 0.3 is 5.97 Å². The lowest BCUT2D eigenvalue weighted by Gasteiger charge is -2.32. The molecule has 6 heteroatoms. The van der Waals surface area contributed by atoms with Crippen molar-refractivity contribution in [3.05, 3.63) is 29.8 Å². The van der Waals surface area contributed by atoms with Gasteiger partial charge < -0.3 is 14.5 Å². The monoisotopic (exact) mass is 358 g/mol. The molecule has 26 heavy (non-hydrogen) atoms. The van der Waals surface area contributed by atoms with Crippen LogP contribution in [0.25, 0.3) is 0 Å². The highest BCUT2D eigenvalue weighted by molar-refractivity contribution is 6.00. The molecule has 2 aliphatic heterocycles. The summed E-state index contributed by atoms with van der Waals surface area (Å²) in [6, 6.07) is 7.78. The fourth-order valence-corrected chi connectivity index (χ4v) is 3.70. The predicted octanol–water partition coefficient (Wildman–Crippen LogP) is 2.15. The molecule has 0 radical (unpaired) electrons. The van der Waals surface area contributed by atoms with Crippen molar-refractivity contribution < 1.29 is 19.1 Å². The summed E-state index contributed by atoms with van der Waals surface area (Å²) in [7, 11) is 0. The molecule has 6 nitrogen and oxygen atoms in total. The van der Waals surface area contributed by atoms with Gasteiger partial charge in [0.1, 0.15) is 0 Å². The van der Waals surface area contributed by atoms with Gasteiger partial charge in [-0.3, -0.25) is 14.4 Å². The largest absolute Gasteiger partial charge is 0.466 e. The van der Waals surface area contributed by atoms with Crippen LogP contribution in [0.3, 0.4) is 0 Å². The molecule has 0 bridgehead atoms. The maximum absolute atomic E-state index is 12.8. The van der Waals surface area contributed by atoms with E-state index in [0.29, 0.717) is 39.1 Å². The number of hydrogen-bond acceptors (Lipinski definition) is 4. The molecule has 2 heterocycles.